The SMILES string of the molecule is CS(=O)(=O)O.OCCc1ccccc1F. The van der Waals surface area contributed by atoms with E-state index in [1.165, 1.54) is 6.07 Å². The summed E-state index contributed by atoms with van der Waals surface area (Å²) in [6.07, 6.45) is 1.11. The van der Waals surface area contributed by atoms with E-state index in [1.54, 1.807) is 18.2 Å². The van der Waals surface area contributed by atoms with Gasteiger partial charge in [0.15, 0.2) is 0 Å². The Morgan fingerprint density at radius 2 is 1.80 bits per heavy atom. The van der Waals surface area contributed by atoms with Crippen molar-refractivity contribution in [3.63, 3.8) is 0 Å². The zero-order valence-corrected chi connectivity index (χ0v) is 9.04. The van der Waals surface area contributed by atoms with Gasteiger partial charge in [0.25, 0.3) is 10.1 Å². The van der Waals surface area contributed by atoms with E-state index in [2.05, 4.69) is 0 Å². The topological polar surface area (TPSA) is 74.6 Å². The van der Waals surface area contributed by atoms with Gasteiger partial charge in [0.05, 0.1) is 6.26 Å². The molecule has 0 unspecified atom stereocenters. The van der Waals surface area contributed by atoms with Crippen LogP contribution in [-0.4, -0.2) is 30.9 Å². The van der Waals surface area contributed by atoms with Crippen LogP contribution in [0.3, 0.4) is 0 Å². The Labute approximate surface area is 88.1 Å². The van der Waals surface area contributed by atoms with E-state index >= 15 is 0 Å². The van der Waals surface area contributed by atoms with Crippen LogP contribution in [0.1, 0.15) is 5.56 Å². The molecule has 0 amide bonds. The molecule has 1 aromatic rings. The van der Waals surface area contributed by atoms with Gasteiger partial charge in [0.1, 0.15) is 5.82 Å². The van der Waals surface area contributed by atoms with Crippen molar-refractivity contribution in [3.8, 4) is 0 Å². The van der Waals surface area contributed by atoms with E-state index in [9.17, 15) is 12.8 Å². The van der Waals surface area contributed by atoms with Crippen molar-refractivity contribution in [3.05, 3.63) is 35.6 Å². The van der Waals surface area contributed by atoms with Crippen molar-refractivity contribution in [2.24, 2.45) is 0 Å². The van der Waals surface area contributed by atoms with Crippen molar-refractivity contribution >= 4 is 10.1 Å². The molecular formula is C9H13FO4S. The molecule has 0 heterocycles. The minimum Gasteiger partial charge on any atom is -0.396 e. The van der Waals surface area contributed by atoms with Crippen molar-refractivity contribution in [2.75, 3.05) is 12.9 Å². The third kappa shape index (κ3) is 9.33. The largest absolute Gasteiger partial charge is 0.396 e. The predicted molar refractivity (Wildman–Crippen MR) is 54.7 cm³/mol. The Morgan fingerprint density at radius 3 is 2.20 bits per heavy atom. The second kappa shape index (κ2) is 6.49. The number of rotatable bonds is 2. The fraction of sp³-hybridized carbons (Fsp3) is 0.333. The molecule has 4 nitrogen and oxygen atoms in total. The zero-order valence-electron chi connectivity index (χ0n) is 8.22. The summed E-state index contributed by atoms with van der Waals surface area (Å²) in [6, 6.07) is 6.46. The first-order valence-electron chi connectivity index (χ1n) is 4.11. The molecule has 1 rings (SSSR count). The van der Waals surface area contributed by atoms with Gasteiger partial charge in [-0.25, -0.2) is 4.39 Å². The summed E-state index contributed by atoms with van der Waals surface area (Å²) in [5, 5.41) is 8.48. The lowest BCUT2D eigenvalue weighted by Crippen LogP contribution is -1.93. The van der Waals surface area contributed by atoms with Crippen LogP contribution in [0.25, 0.3) is 0 Å². The van der Waals surface area contributed by atoms with Crippen molar-refractivity contribution < 1.29 is 22.5 Å². The van der Waals surface area contributed by atoms with Gasteiger partial charge < -0.3 is 5.11 Å². The Kier molecular flexibility index (Phi) is 6.07. The quantitative estimate of drug-likeness (QED) is 0.747. The highest BCUT2D eigenvalue weighted by Crippen LogP contribution is 2.05. The molecule has 0 spiro atoms. The van der Waals surface area contributed by atoms with Gasteiger partial charge >= 0.3 is 0 Å². The third-order valence-corrected chi connectivity index (χ3v) is 1.34. The molecule has 15 heavy (non-hydrogen) atoms. The van der Waals surface area contributed by atoms with Gasteiger partial charge in [0.2, 0.25) is 0 Å². The van der Waals surface area contributed by atoms with Gasteiger partial charge in [-0.15, -0.1) is 0 Å². The van der Waals surface area contributed by atoms with Gasteiger partial charge in [-0.3, -0.25) is 4.55 Å². The Morgan fingerprint density at radius 1 is 1.33 bits per heavy atom. The fourth-order valence-corrected chi connectivity index (χ4v) is 0.822. The van der Waals surface area contributed by atoms with E-state index in [1.807, 2.05) is 0 Å². The van der Waals surface area contributed by atoms with Gasteiger partial charge in [0, 0.05) is 6.61 Å². The molecule has 2 N–H and O–H groups in total. The summed E-state index contributed by atoms with van der Waals surface area (Å²) in [7, 11) is -3.67. The smallest absolute Gasteiger partial charge is 0.261 e. The van der Waals surface area contributed by atoms with E-state index in [0.29, 0.717) is 18.2 Å². The average molecular weight is 236 g/mol. The first-order valence-corrected chi connectivity index (χ1v) is 5.96. The number of hydrogen-bond donors (Lipinski definition) is 2. The molecular weight excluding hydrogens is 223 g/mol. The summed E-state index contributed by atoms with van der Waals surface area (Å²) < 4.78 is 38.5. The molecule has 0 saturated heterocycles. The number of hydrogen-bond acceptors (Lipinski definition) is 3. The van der Waals surface area contributed by atoms with Crippen LogP contribution in [0.4, 0.5) is 4.39 Å². The number of aliphatic hydroxyl groups excluding tert-OH is 1. The van der Waals surface area contributed by atoms with Crippen LogP contribution in [-0.2, 0) is 16.5 Å². The van der Waals surface area contributed by atoms with Gasteiger partial charge in [-0.1, -0.05) is 18.2 Å². The van der Waals surface area contributed by atoms with Gasteiger partial charge in [-0.2, -0.15) is 8.42 Å². The van der Waals surface area contributed by atoms with Crippen LogP contribution in [0, 0.1) is 5.82 Å². The summed E-state index contributed by atoms with van der Waals surface area (Å²) in [6.45, 7) is 0.000926. The highest BCUT2D eigenvalue weighted by atomic mass is 32.2. The van der Waals surface area contributed by atoms with Crippen LogP contribution < -0.4 is 0 Å². The highest BCUT2D eigenvalue weighted by Gasteiger charge is 1.96. The molecule has 0 atom stereocenters. The number of halogens is 1. The van der Waals surface area contributed by atoms with E-state index in [-0.39, 0.29) is 12.4 Å². The predicted octanol–water partition coefficient (Wildman–Crippen LogP) is 0.865. The standard InChI is InChI=1S/C8H9FO.CH4O3S/c9-8-4-2-1-3-7(8)5-6-10;1-5(2,3)4/h1-4,10H,5-6H2;1H3,(H,2,3,4). The molecule has 0 aliphatic heterocycles. The molecule has 0 aliphatic rings. The molecule has 0 aliphatic carbocycles. The minimum absolute atomic E-state index is 0.000926. The molecule has 0 fully saturated rings. The lowest BCUT2D eigenvalue weighted by molar-refractivity contribution is 0.297. The molecule has 0 aromatic heterocycles. The van der Waals surface area contributed by atoms with Gasteiger partial charge in [-0.05, 0) is 18.1 Å². The maximum Gasteiger partial charge on any atom is 0.261 e. The first-order chi connectivity index (χ1) is 6.84. The van der Waals surface area contributed by atoms with Crippen LogP contribution in [0.5, 0.6) is 0 Å². The zero-order chi connectivity index (χ0) is 11.9. The summed E-state index contributed by atoms with van der Waals surface area (Å²) in [5.41, 5.74) is 0.574. The second-order valence-corrected chi connectivity index (χ2v) is 4.26. The minimum atomic E-state index is -3.67. The highest BCUT2D eigenvalue weighted by molar-refractivity contribution is 7.85. The van der Waals surface area contributed by atoms with E-state index in [4.69, 9.17) is 9.66 Å². The number of aliphatic hydroxyl groups is 1. The van der Waals surface area contributed by atoms with Crippen LogP contribution in [0.2, 0.25) is 0 Å². The molecule has 0 saturated carbocycles. The first kappa shape index (κ1) is 14.0. The maximum atomic E-state index is 12.7. The number of benzene rings is 1. The van der Waals surface area contributed by atoms with Crippen molar-refractivity contribution in [1.29, 1.82) is 0 Å². The third-order valence-electron chi connectivity index (χ3n) is 1.34. The summed E-state index contributed by atoms with van der Waals surface area (Å²) in [4.78, 5) is 0. The molecule has 0 bridgehead atoms. The Bertz CT molecular complexity index is 381. The molecule has 1 aromatic carbocycles. The Hall–Kier alpha value is -0.980. The van der Waals surface area contributed by atoms with Crippen molar-refractivity contribution in [1.82, 2.24) is 0 Å². The normalized spacial score (nSPS) is 10.4. The van der Waals surface area contributed by atoms with Crippen molar-refractivity contribution in [2.45, 2.75) is 6.42 Å². The monoisotopic (exact) mass is 236 g/mol. The van der Waals surface area contributed by atoms with E-state index < -0.39 is 10.1 Å². The van der Waals surface area contributed by atoms with E-state index in [0.717, 1.165) is 0 Å². The lowest BCUT2D eigenvalue weighted by atomic mass is 10.1. The van der Waals surface area contributed by atoms with Crippen LogP contribution >= 0.6 is 0 Å². The molecule has 86 valence electrons. The Balaban J connectivity index is 0.000000336. The summed E-state index contributed by atoms with van der Waals surface area (Å²) in [5.74, 6) is -0.239. The molecule has 0 radical (unpaired) electrons. The van der Waals surface area contributed by atoms with Crippen LogP contribution in [0.15, 0.2) is 24.3 Å². The average Bonchev–Trinajstić information content (AvgIpc) is 2.06. The lowest BCUT2D eigenvalue weighted by Gasteiger charge is -1.97. The molecule has 6 heteroatoms. The fourth-order valence-electron chi connectivity index (χ4n) is 0.822. The second-order valence-electron chi connectivity index (χ2n) is 2.80. The maximum absolute atomic E-state index is 12.7. The summed E-state index contributed by atoms with van der Waals surface area (Å²) >= 11 is 0.